The summed E-state index contributed by atoms with van der Waals surface area (Å²) in [4.78, 5) is 1.72. The molecule has 0 amide bonds. The topological polar surface area (TPSA) is 49.5 Å². The molecule has 0 atom stereocenters. The number of hydrogen-bond donors (Lipinski definition) is 2. The number of aliphatic hydroxyl groups excluding tert-OH is 1. The fourth-order valence-electron chi connectivity index (χ4n) is 1.71. The lowest BCUT2D eigenvalue weighted by Gasteiger charge is -2.22. The molecule has 0 aliphatic rings. The maximum absolute atomic E-state index is 12.4. The Morgan fingerprint density at radius 2 is 2.06 bits per heavy atom. The lowest BCUT2D eigenvalue weighted by molar-refractivity contribution is 0.0746. The maximum Gasteiger partial charge on any atom is 0.251 e. The molecule has 0 aromatic heterocycles. The predicted octanol–water partition coefficient (Wildman–Crippen LogP) is 1.38. The van der Waals surface area contributed by atoms with E-state index in [9.17, 15) is 8.78 Å². The Balaban J connectivity index is 2.82. The number of hydrogen-bond acceptors (Lipinski definition) is 3. The van der Waals surface area contributed by atoms with Gasteiger partial charge in [-0.3, -0.25) is 4.90 Å². The number of benzene rings is 1. The quantitative estimate of drug-likeness (QED) is 0.738. The third-order valence-electron chi connectivity index (χ3n) is 2.49. The summed E-state index contributed by atoms with van der Waals surface area (Å²) in [6.07, 6.45) is -2.44. The highest BCUT2D eigenvalue weighted by Crippen LogP contribution is 2.12. The minimum atomic E-state index is -2.44. The van der Waals surface area contributed by atoms with Crippen molar-refractivity contribution in [2.75, 3.05) is 19.7 Å². The summed E-state index contributed by atoms with van der Waals surface area (Å²) < 4.78 is 24.8. The van der Waals surface area contributed by atoms with Crippen LogP contribution >= 0.6 is 12.2 Å². The van der Waals surface area contributed by atoms with Gasteiger partial charge in [0.2, 0.25) is 0 Å². The molecular formula is C12H16F2N2OS. The molecule has 0 aliphatic heterocycles. The summed E-state index contributed by atoms with van der Waals surface area (Å²) in [5.41, 5.74) is 7.06. The number of thiocarbonyl (C=S) groups is 1. The van der Waals surface area contributed by atoms with E-state index < -0.39 is 6.43 Å². The first-order chi connectivity index (χ1) is 8.54. The lowest BCUT2D eigenvalue weighted by Crippen LogP contribution is -2.32. The van der Waals surface area contributed by atoms with Crippen LogP contribution in [0.5, 0.6) is 0 Å². The van der Waals surface area contributed by atoms with Gasteiger partial charge in [-0.1, -0.05) is 36.5 Å². The first-order valence-electron chi connectivity index (χ1n) is 5.53. The molecule has 0 saturated carbocycles. The third kappa shape index (κ3) is 4.64. The van der Waals surface area contributed by atoms with Crippen molar-refractivity contribution in [3.05, 3.63) is 35.4 Å². The summed E-state index contributed by atoms with van der Waals surface area (Å²) in [7, 11) is 0. The summed E-state index contributed by atoms with van der Waals surface area (Å²) in [5.74, 6) is 0. The Kier molecular flexibility index (Phi) is 6.11. The van der Waals surface area contributed by atoms with E-state index in [2.05, 4.69) is 0 Å². The van der Waals surface area contributed by atoms with Crippen LogP contribution in [0, 0.1) is 0 Å². The number of aliphatic hydroxyl groups is 1. The second-order valence-corrected chi connectivity index (χ2v) is 4.31. The van der Waals surface area contributed by atoms with Gasteiger partial charge in [0.1, 0.15) is 4.99 Å². The van der Waals surface area contributed by atoms with Gasteiger partial charge in [-0.05, 0) is 5.56 Å². The summed E-state index contributed by atoms with van der Waals surface area (Å²) in [6.45, 7) is -0.0669. The zero-order chi connectivity index (χ0) is 13.5. The van der Waals surface area contributed by atoms with Crippen LogP contribution < -0.4 is 5.73 Å². The van der Waals surface area contributed by atoms with Crippen LogP contribution in [-0.4, -0.2) is 41.1 Å². The molecule has 0 bridgehead atoms. The third-order valence-corrected chi connectivity index (χ3v) is 2.71. The molecule has 0 aliphatic carbocycles. The van der Waals surface area contributed by atoms with Crippen LogP contribution in [0.25, 0.3) is 0 Å². The number of alkyl halides is 2. The van der Waals surface area contributed by atoms with Gasteiger partial charge >= 0.3 is 0 Å². The second kappa shape index (κ2) is 7.35. The molecule has 0 heterocycles. The Morgan fingerprint density at radius 3 is 2.61 bits per heavy atom. The van der Waals surface area contributed by atoms with Crippen LogP contribution in [0.4, 0.5) is 8.78 Å². The van der Waals surface area contributed by atoms with Crippen molar-refractivity contribution in [1.82, 2.24) is 4.90 Å². The summed E-state index contributed by atoms with van der Waals surface area (Å²) >= 11 is 4.92. The molecule has 1 aromatic carbocycles. The molecule has 0 radical (unpaired) electrons. The smallest absolute Gasteiger partial charge is 0.251 e. The van der Waals surface area contributed by atoms with E-state index >= 15 is 0 Å². The van der Waals surface area contributed by atoms with E-state index in [0.717, 1.165) is 5.56 Å². The van der Waals surface area contributed by atoms with Gasteiger partial charge in [0.15, 0.2) is 0 Å². The average Bonchev–Trinajstić information content (AvgIpc) is 2.28. The molecule has 100 valence electrons. The molecule has 1 aromatic rings. The van der Waals surface area contributed by atoms with E-state index in [0.29, 0.717) is 12.1 Å². The van der Waals surface area contributed by atoms with Gasteiger partial charge in [0.25, 0.3) is 6.43 Å². The highest BCUT2D eigenvalue weighted by Gasteiger charge is 2.14. The van der Waals surface area contributed by atoms with E-state index in [4.69, 9.17) is 23.1 Å². The highest BCUT2D eigenvalue weighted by molar-refractivity contribution is 7.80. The van der Waals surface area contributed by atoms with Gasteiger partial charge in [-0.15, -0.1) is 0 Å². The minimum absolute atomic E-state index is 0.165. The predicted molar refractivity (Wildman–Crippen MR) is 70.7 cm³/mol. The Morgan fingerprint density at radius 1 is 1.39 bits per heavy atom. The zero-order valence-corrected chi connectivity index (χ0v) is 10.7. The number of rotatable bonds is 7. The van der Waals surface area contributed by atoms with Gasteiger partial charge in [0.05, 0.1) is 13.2 Å². The SMILES string of the molecule is NC(=S)c1ccccc1CN(CCO)CC(F)F. The van der Waals surface area contributed by atoms with E-state index in [1.807, 2.05) is 0 Å². The Labute approximate surface area is 110 Å². The van der Waals surface area contributed by atoms with E-state index in [1.165, 1.54) is 4.90 Å². The van der Waals surface area contributed by atoms with Crippen molar-refractivity contribution in [3.8, 4) is 0 Å². The molecule has 0 spiro atoms. The van der Waals surface area contributed by atoms with Crippen molar-refractivity contribution in [2.45, 2.75) is 13.0 Å². The number of halogens is 2. The molecular weight excluding hydrogens is 258 g/mol. The van der Waals surface area contributed by atoms with Gasteiger partial charge in [-0.25, -0.2) is 8.78 Å². The van der Waals surface area contributed by atoms with Crippen molar-refractivity contribution in [3.63, 3.8) is 0 Å². The van der Waals surface area contributed by atoms with Crippen LogP contribution in [0.15, 0.2) is 24.3 Å². The Bertz CT molecular complexity index is 401. The molecule has 18 heavy (non-hydrogen) atoms. The fraction of sp³-hybridized carbons (Fsp3) is 0.417. The second-order valence-electron chi connectivity index (χ2n) is 3.87. The molecule has 3 nitrogen and oxygen atoms in total. The molecule has 0 fully saturated rings. The normalized spacial score (nSPS) is 11.2. The van der Waals surface area contributed by atoms with Crippen LogP contribution in [-0.2, 0) is 6.54 Å². The van der Waals surface area contributed by atoms with Crippen LogP contribution in [0.1, 0.15) is 11.1 Å². The highest BCUT2D eigenvalue weighted by atomic mass is 32.1. The van der Waals surface area contributed by atoms with Gasteiger partial charge in [0, 0.05) is 18.7 Å². The van der Waals surface area contributed by atoms with E-state index in [-0.39, 0.29) is 24.7 Å². The van der Waals surface area contributed by atoms with Crippen molar-refractivity contribution in [2.24, 2.45) is 5.73 Å². The van der Waals surface area contributed by atoms with Crippen molar-refractivity contribution < 1.29 is 13.9 Å². The largest absolute Gasteiger partial charge is 0.395 e. The molecule has 6 heteroatoms. The standard InChI is InChI=1S/C12H16F2N2OS/c13-11(14)8-16(5-6-17)7-9-3-1-2-4-10(9)12(15)18/h1-4,11,17H,5-8H2,(H2,15,18). The molecule has 0 saturated heterocycles. The zero-order valence-electron chi connectivity index (χ0n) is 9.85. The van der Waals surface area contributed by atoms with Crippen LogP contribution in [0.2, 0.25) is 0 Å². The molecule has 0 unspecified atom stereocenters. The first-order valence-corrected chi connectivity index (χ1v) is 5.94. The fourth-order valence-corrected chi connectivity index (χ4v) is 1.91. The summed E-state index contributed by atoms with van der Waals surface area (Å²) in [5, 5.41) is 8.87. The number of nitrogens with two attached hydrogens (primary N) is 1. The first kappa shape index (κ1) is 14.9. The maximum atomic E-state index is 12.4. The van der Waals surface area contributed by atoms with Gasteiger partial charge in [-0.2, -0.15) is 0 Å². The molecule has 1 rings (SSSR count). The van der Waals surface area contributed by atoms with E-state index in [1.54, 1.807) is 24.3 Å². The van der Waals surface area contributed by atoms with Crippen molar-refractivity contribution >= 4 is 17.2 Å². The van der Waals surface area contributed by atoms with Crippen LogP contribution in [0.3, 0.4) is 0 Å². The monoisotopic (exact) mass is 274 g/mol. The van der Waals surface area contributed by atoms with Gasteiger partial charge < -0.3 is 10.8 Å². The Hall–Kier alpha value is -1.11. The molecule has 3 N–H and O–H groups in total. The lowest BCUT2D eigenvalue weighted by atomic mass is 10.1. The minimum Gasteiger partial charge on any atom is -0.395 e. The summed E-state index contributed by atoms with van der Waals surface area (Å²) in [6, 6.07) is 7.15. The number of nitrogens with zero attached hydrogens (tertiary/aromatic N) is 1. The average molecular weight is 274 g/mol. The van der Waals surface area contributed by atoms with Crippen molar-refractivity contribution in [1.29, 1.82) is 0 Å².